The van der Waals surface area contributed by atoms with Gasteiger partial charge in [-0.25, -0.2) is 9.78 Å². The summed E-state index contributed by atoms with van der Waals surface area (Å²) in [4.78, 5) is 18.5. The van der Waals surface area contributed by atoms with Crippen molar-refractivity contribution in [1.82, 2.24) is 9.88 Å². The maximum absolute atomic E-state index is 11.3. The number of carbonyl (C=O) groups excluding carboxylic acids is 1. The van der Waals surface area contributed by atoms with E-state index in [0.29, 0.717) is 10.9 Å². The minimum absolute atomic E-state index is 0.320. The van der Waals surface area contributed by atoms with Gasteiger partial charge < -0.3 is 15.0 Å². The number of nitrogens with zero attached hydrogens (tertiary/aromatic N) is 2. The molecule has 1 unspecified atom stereocenters. The normalized spacial score (nSPS) is 20.7. The van der Waals surface area contributed by atoms with Gasteiger partial charge in [0.25, 0.3) is 0 Å². The van der Waals surface area contributed by atoms with E-state index in [4.69, 9.17) is 0 Å². The molecule has 1 aliphatic rings. The van der Waals surface area contributed by atoms with E-state index < -0.39 is 0 Å². The van der Waals surface area contributed by atoms with E-state index in [0.717, 1.165) is 24.6 Å². The first kappa shape index (κ1) is 13.3. The summed E-state index contributed by atoms with van der Waals surface area (Å²) in [5.74, 6) is -0.320. The van der Waals surface area contributed by atoms with Gasteiger partial charge in [0.05, 0.1) is 13.3 Å². The summed E-state index contributed by atoms with van der Waals surface area (Å²) in [6.45, 7) is 5.49. The SMILES string of the molecule is CCN1CCCC(Nc2ncc(C(=O)OC)s2)C1. The molecule has 2 heterocycles. The van der Waals surface area contributed by atoms with Crippen LogP contribution < -0.4 is 5.32 Å². The standard InChI is InChI=1S/C12H19N3O2S/c1-3-15-6-4-5-9(8-15)14-12-13-7-10(18-12)11(16)17-2/h7,9H,3-6,8H2,1-2H3,(H,13,14). The van der Waals surface area contributed by atoms with Gasteiger partial charge in [-0.3, -0.25) is 0 Å². The average molecular weight is 269 g/mol. The van der Waals surface area contributed by atoms with E-state index in [1.807, 2.05) is 0 Å². The molecule has 2 rings (SSSR count). The van der Waals surface area contributed by atoms with Gasteiger partial charge in [0.15, 0.2) is 5.13 Å². The smallest absolute Gasteiger partial charge is 0.349 e. The van der Waals surface area contributed by atoms with Crippen LogP contribution in [0, 0.1) is 0 Å². The molecule has 0 bridgehead atoms. The molecule has 0 spiro atoms. The quantitative estimate of drug-likeness (QED) is 0.845. The van der Waals surface area contributed by atoms with E-state index in [1.54, 1.807) is 6.20 Å². The Morgan fingerprint density at radius 2 is 2.56 bits per heavy atom. The highest BCUT2D eigenvalue weighted by Crippen LogP contribution is 2.22. The lowest BCUT2D eigenvalue weighted by Crippen LogP contribution is -2.41. The van der Waals surface area contributed by atoms with E-state index in [1.165, 1.54) is 31.4 Å². The number of hydrogen-bond acceptors (Lipinski definition) is 6. The van der Waals surface area contributed by atoms with Crippen molar-refractivity contribution >= 4 is 22.4 Å². The van der Waals surface area contributed by atoms with Gasteiger partial charge in [-0.1, -0.05) is 18.3 Å². The van der Waals surface area contributed by atoms with Crippen LogP contribution >= 0.6 is 11.3 Å². The summed E-state index contributed by atoms with van der Waals surface area (Å²) in [5.41, 5.74) is 0. The van der Waals surface area contributed by atoms with Crippen LogP contribution in [0.15, 0.2) is 6.20 Å². The highest BCUT2D eigenvalue weighted by Gasteiger charge is 2.20. The number of piperidine rings is 1. The molecule has 0 amide bonds. The molecular formula is C12H19N3O2S. The lowest BCUT2D eigenvalue weighted by Gasteiger charge is -2.32. The molecule has 1 N–H and O–H groups in total. The van der Waals surface area contributed by atoms with E-state index in [9.17, 15) is 4.79 Å². The summed E-state index contributed by atoms with van der Waals surface area (Å²) in [6, 6.07) is 0.426. The monoisotopic (exact) mass is 269 g/mol. The Balaban J connectivity index is 1.92. The molecule has 18 heavy (non-hydrogen) atoms. The largest absolute Gasteiger partial charge is 0.465 e. The van der Waals surface area contributed by atoms with Gasteiger partial charge in [0.2, 0.25) is 0 Å². The van der Waals surface area contributed by atoms with Gasteiger partial charge in [0, 0.05) is 12.6 Å². The Hall–Kier alpha value is -1.14. The number of carbonyl (C=O) groups is 1. The van der Waals surface area contributed by atoms with Gasteiger partial charge in [-0.2, -0.15) is 0 Å². The van der Waals surface area contributed by atoms with Crippen molar-refractivity contribution in [3.05, 3.63) is 11.1 Å². The predicted octanol–water partition coefficient (Wildman–Crippen LogP) is 1.83. The number of ether oxygens (including phenoxy) is 1. The van der Waals surface area contributed by atoms with Crippen molar-refractivity contribution in [2.45, 2.75) is 25.8 Å². The first-order valence-corrected chi connectivity index (χ1v) is 7.07. The van der Waals surface area contributed by atoms with Crippen LogP contribution in [0.3, 0.4) is 0 Å². The van der Waals surface area contributed by atoms with Crippen LogP contribution in [0.2, 0.25) is 0 Å². The van der Waals surface area contributed by atoms with Crippen molar-refractivity contribution in [2.24, 2.45) is 0 Å². The van der Waals surface area contributed by atoms with Gasteiger partial charge in [-0.15, -0.1) is 0 Å². The number of likely N-dealkylation sites (tertiary alicyclic amines) is 1. The molecule has 1 aromatic heterocycles. The third-order valence-corrected chi connectivity index (χ3v) is 4.08. The minimum atomic E-state index is -0.320. The molecule has 0 aromatic carbocycles. The Bertz CT molecular complexity index is 408. The number of thiazole rings is 1. The van der Waals surface area contributed by atoms with Gasteiger partial charge in [0.1, 0.15) is 4.88 Å². The second-order valence-corrected chi connectivity index (χ2v) is 5.43. The molecule has 0 aliphatic carbocycles. The number of hydrogen-bond donors (Lipinski definition) is 1. The third kappa shape index (κ3) is 3.20. The van der Waals surface area contributed by atoms with Crippen molar-refractivity contribution in [1.29, 1.82) is 0 Å². The number of rotatable bonds is 4. The Morgan fingerprint density at radius 3 is 3.28 bits per heavy atom. The predicted molar refractivity (Wildman–Crippen MR) is 72.2 cm³/mol. The fourth-order valence-corrected chi connectivity index (χ4v) is 2.98. The maximum atomic E-state index is 11.3. The molecule has 1 aliphatic heterocycles. The molecule has 1 saturated heterocycles. The number of esters is 1. The van der Waals surface area contributed by atoms with E-state index in [2.05, 4.69) is 26.9 Å². The van der Waals surface area contributed by atoms with Crippen LogP contribution in [-0.4, -0.2) is 48.6 Å². The van der Waals surface area contributed by atoms with Crippen molar-refractivity contribution in [3.8, 4) is 0 Å². The van der Waals surface area contributed by atoms with Crippen LogP contribution in [-0.2, 0) is 4.74 Å². The van der Waals surface area contributed by atoms with E-state index >= 15 is 0 Å². The highest BCUT2D eigenvalue weighted by molar-refractivity contribution is 7.17. The highest BCUT2D eigenvalue weighted by atomic mass is 32.1. The molecule has 0 radical (unpaired) electrons. The summed E-state index contributed by atoms with van der Waals surface area (Å²) < 4.78 is 4.67. The molecule has 0 saturated carbocycles. The Labute approximate surface area is 111 Å². The van der Waals surface area contributed by atoms with Crippen LogP contribution in [0.1, 0.15) is 29.4 Å². The molecular weight excluding hydrogens is 250 g/mol. The number of methoxy groups -OCH3 is 1. The van der Waals surface area contributed by atoms with Gasteiger partial charge >= 0.3 is 5.97 Å². The minimum Gasteiger partial charge on any atom is -0.465 e. The van der Waals surface area contributed by atoms with Crippen molar-refractivity contribution in [3.63, 3.8) is 0 Å². The van der Waals surface area contributed by atoms with E-state index in [-0.39, 0.29) is 5.97 Å². The number of likely N-dealkylation sites (N-methyl/N-ethyl adjacent to an activating group) is 1. The van der Waals surface area contributed by atoms with Crippen LogP contribution in [0.25, 0.3) is 0 Å². The Kier molecular flexibility index (Phi) is 4.54. The van der Waals surface area contributed by atoms with Crippen molar-refractivity contribution < 1.29 is 9.53 Å². The number of anilines is 1. The number of aromatic nitrogens is 1. The lowest BCUT2D eigenvalue weighted by atomic mass is 10.1. The second-order valence-electron chi connectivity index (χ2n) is 4.40. The second kappa shape index (κ2) is 6.15. The van der Waals surface area contributed by atoms with Crippen LogP contribution in [0.5, 0.6) is 0 Å². The zero-order valence-corrected chi connectivity index (χ0v) is 11.6. The number of nitrogens with one attached hydrogen (secondary N) is 1. The topological polar surface area (TPSA) is 54.5 Å². The molecule has 100 valence electrons. The summed E-state index contributed by atoms with van der Waals surface area (Å²) >= 11 is 1.35. The fraction of sp³-hybridized carbons (Fsp3) is 0.667. The summed E-state index contributed by atoms with van der Waals surface area (Å²) in [6.07, 6.45) is 3.93. The fourth-order valence-electron chi connectivity index (χ4n) is 2.17. The molecule has 5 nitrogen and oxygen atoms in total. The zero-order valence-electron chi connectivity index (χ0n) is 10.8. The summed E-state index contributed by atoms with van der Waals surface area (Å²) in [5, 5.41) is 4.21. The molecule has 6 heteroatoms. The first-order valence-electron chi connectivity index (χ1n) is 6.26. The zero-order chi connectivity index (χ0) is 13.0. The van der Waals surface area contributed by atoms with Crippen molar-refractivity contribution in [2.75, 3.05) is 32.1 Å². The first-order chi connectivity index (χ1) is 8.72. The van der Waals surface area contributed by atoms with Crippen LogP contribution in [0.4, 0.5) is 5.13 Å². The lowest BCUT2D eigenvalue weighted by molar-refractivity contribution is 0.0606. The van der Waals surface area contributed by atoms with Gasteiger partial charge in [-0.05, 0) is 25.9 Å². The Morgan fingerprint density at radius 1 is 1.72 bits per heavy atom. The molecule has 1 fully saturated rings. The molecule has 1 atom stereocenters. The summed E-state index contributed by atoms with van der Waals surface area (Å²) in [7, 11) is 1.38. The molecule has 1 aromatic rings. The maximum Gasteiger partial charge on any atom is 0.349 e. The third-order valence-electron chi connectivity index (χ3n) is 3.17. The average Bonchev–Trinajstić information content (AvgIpc) is 2.86.